The minimum Gasteiger partial charge on any atom is -0.205 e. The summed E-state index contributed by atoms with van der Waals surface area (Å²) in [5.41, 5.74) is 1.59. The zero-order valence-corrected chi connectivity index (χ0v) is 14.9. The van der Waals surface area contributed by atoms with Gasteiger partial charge in [-0.3, -0.25) is 0 Å². The van der Waals surface area contributed by atoms with Crippen LogP contribution in [0, 0.1) is 23.0 Å². The zero-order chi connectivity index (χ0) is 19.5. The maximum absolute atomic E-state index is 15.7. The number of halogens is 2. The van der Waals surface area contributed by atoms with Gasteiger partial charge >= 0.3 is 0 Å². The van der Waals surface area contributed by atoms with Crippen molar-refractivity contribution >= 4 is 0 Å². The second kappa shape index (κ2) is 7.46. The van der Waals surface area contributed by atoms with Crippen molar-refractivity contribution < 1.29 is 8.78 Å². The quantitative estimate of drug-likeness (QED) is 0.389. The predicted molar refractivity (Wildman–Crippen MR) is 107 cm³/mol. The Labute approximate surface area is 162 Å². The standard InChI is InChI=1S/C25H15F2N/c26-24-21(17-10-4-1-5-11-17)20(16-28)22(18-12-6-2-7-13-18)25(27)23(24)19-14-8-3-9-15-19/h1-15H. The van der Waals surface area contributed by atoms with Crippen molar-refractivity contribution in [1.82, 2.24) is 0 Å². The van der Waals surface area contributed by atoms with E-state index in [4.69, 9.17) is 0 Å². The fraction of sp³-hybridized carbons (Fsp3) is 0. The lowest BCUT2D eigenvalue weighted by Gasteiger charge is -2.17. The Kier molecular flexibility index (Phi) is 4.70. The van der Waals surface area contributed by atoms with E-state index in [0.29, 0.717) is 16.7 Å². The molecule has 134 valence electrons. The zero-order valence-electron chi connectivity index (χ0n) is 14.9. The van der Waals surface area contributed by atoms with Crippen LogP contribution < -0.4 is 0 Å². The molecule has 0 bridgehead atoms. The molecular formula is C25H15F2N. The molecule has 4 aromatic rings. The van der Waals surface area contributed by atoms with Crippen molar-refractivity contribution in [2.24, 2.45) is 0 Å². The van der Waals surface area contributed by atoms with Crippen molar-refractivity contribution in [2.75, 3.05) is 0 Å². The number of rotatable bonds is 3. The summed E-state index contributed by atoms with van der Waals surface area (Å²) in [6.07, 6.45) is 0. The summed E-state index contributed by atoms with van der Waals surface area (Å²) in [4.78, 5) is 0. The van der Waals surface area contributed by atoms with Gasteiger partial charge in [0.05, 0.1) is 11.1 Å². The molecule has 4 rings (SSSR count). The molecule has 0 unspecified atom stereocenters. The van der Waals surface area contributed by atoms with Crippen molar-refractivity contribution in [3.63, 3.8) is 0 Å². The average Bonchev–Trinajstić information content (AvgIpc) is 2.75. The van der Waals surface area contributed by atoms with E-state index >= 15 is 8.78 Å². The summed E-state index contributed by atoms with van der Waals surface area (Å²) < 4.78 is 31.3. The van der Waals surface area contributed by atoms with Crippen LogP contribution in [0.2, 0.25) is 0 Å². The van der Waals surface area contributed by atoms with Crippen LogP contribution in [0.4, 0.5) is 8.78 Å². The Morgan fingerprint density at radius 1 is 0.500 bits per heavy atom. The SMILES string of the molecule is N#Cc1c(-c2ccccc2)c(F)c(-c2ccccc2)c(F)c1-c1ccccc1. The average molecular weight is 367 g/mol. The first kappa shape index (κ1) is 17.6. The van der Waals surface area contributed by atoms with E-state index < -0.39 is 11.6 Å². The number of nitriles is 1. The molecule has 0 aliphatic heterocycles. The lowest BCUT2D eigenvalue weighted by Crippen LogP contribution is -2.02. The normalized spacial score (nSPS) is 10.5. The molecule has 0 amide bonds. The van der Waals surface area contributed by atoms with Gasteiger partial charge in [-0.25, -0.2) is 8.78 Å². The maximum Gasteiger partial charge on any atom is 0.143 e. The monoisotopic (exact) mass is 367 g/mol. The lowest BCUT2D eigenvalue weighted by molar-refractivity contribution is 0.593. The first-order chi connectivity index (χ1) is 13.7. The lowest BCUT2D eigenvalue weighted by atomic mass is 9.87. The Hall–Kier alpha value is -3.77. The van der Waals surface area contributed by atoms with Crippen LogP contribution in [-0.4, -0.2) is 0 Å². The molecule has 0 aliphatic carbocycles. The van der Waals surface area contributed by atoms with E-state index in [1.54, 1.807) is 78.9 Å². The fourth-order valence-electron chi connectivity index (χ4n) is 3.41. The van der Waals surface area contributed by atoms with Gasteiger partial charge < -0.3 is 0 Å². The predicted octanol–water partition coefficient (Wildman–Crippen LogP) is 6.84. The van der Waals surface area contributed by atoms with Crippen LogP contribution >= 0.6 is 0 Å². The number of hydrogen-bond acceptors (Lipinski definition) is 1. The first-order valence-corrected chi connectivity index (χ1v) is 8.83. The molecule has 3 heteroatoms. The number of benzene rings is 4. The molecule has 28 heavy (non-hydrogen) atoms. The molecule has 0 fully saturated rings. The van der Waals surface area contributed by atoms with Crippen LogP contribution in [0.25, 0.3) is 33.4 Å². The van der Waals surface area contributed by atoms with Gasteiger partial charge in [-0.15, -0.1) is 0 Å². The Morgan fingerprint density at radius 3 is 1.14 bits per heavy atom. The molecule has 0 heterocycles. The van der Waals surface area contributed by atoms with Gasteiger partial charge in [0.15, 0.2) is 0 Å². The van der Waals surface area contributed by atoms with Gasteiger partial charge in [0, 0.05) is 11.1 Å². The van der Waals surface area contributed by atoms with Crippen molar-refractivity contribution in [3.05, 3.63) is 108 Å². The van der Waals surface area contributed by atoms with Crippen LogP contribution in [0.15, 0.2) is 91.0 Å². The molecular weight excluding hydrogens is 352 g/mol. The van der Waals surface area contributed by atoms with Crippen molar-refractivity contribution in [1.29, 1.82) is 5.26 Å². The van der Waals surface area contributed by atoms with Crippen molar-refractivity contribution in [3.8, 4) is 39.4 Å². The topological polar surface area (TPSA) is 23.8 Å². The van der Waals surface area contributed by atoms with E-state index in [0.717, 1.165) is 0 Å². The summed E-state index contributed by atoms with van der Waals surface area (Å²) in [6, 6.07) is 28.2. The number of nitrogens with zero attached hydrogens (tertiary/aromatic N) is 1. The molecule has 0 saturated heterocycles. The van der Waals surface area contributed by atoms with Crippen LogP contribution in [0.3, 0.4) is 0 Å². The van der Waals surface area contributed by atoms with Crippen LogP contribution in [0.1, 0.15) is 5.56 Å². The van der Waals surface area contributed by atoms with E-state index in [-0.39, 0.29) is 22.3 Å². The van der Waals surface area contributed by atoms with Crippen LogP contribution in [0.5, 0.6) is 0 Å². The van der Waals surface area contributed by atoms with E-state index in [1.165, 1.54) is 0 Å². The Morgan fingerprint density at radius 2 is 0.821 bits per heavy atom. The smallest absolute Gasteiger partial charge is 0.143 e. The van der Waals surface area contributed by atoms with Crippen LogP contribution in [-0.2, 0) is 0 Å². The molecule has 0 aromatic heterocycles. The third-order valence-corrected chi connectivity index (χ3v) is 4.68. The molecule has 0 aliphatic rings. The van der Waals surface area contributed by atoms with Gasteiger partial charge in [-0.2, -0.15) is 5.26 Å². The summed E-state index contributed by atoms with van der Waals surface area (Å²) >= 11 is 0. The van der Waals surface area contributed by atoms with Gasteiger partial charge in [-0.05, 0) is 16.7 Å². The molecule has 0 spiro atoms. The van der Waals surface area contributed by atoms with Gasteiger partial charge in [0.1, 0.15) is 17.7 Å². The molecule has 0 radical (unpaired) electrons. The third-order valence-electron chi connectivity index (χ3n) is 4.68. The Bertz CT molecular complexity index is 1100. The largest absolute Gasteiger partial charge is 0.205 e. The second-order valence-corrected chi connectivity index (χ2v) is 6.34. The highest BCUT2D eigenvalue weighted by Crippen LogP contribution is 2.42. The van der Waals surface area contributed by atoms with Gasteiger partial charge in [0.25, 0.3) is 0 Å². The van der Waals surface area contributed by atoms with Crippen molar-refractivity contribution in [2.45, 2.75) is 0 Å². The molecule has 0 N–H and O–H groups in total. The minimum absolute atomic E-state index is 0.00733. The number of hydrogen-bond donors (Lipinski definition) is 0. The highest BCUT2D eigenvalue weighted by molar-refractivity contribution is 5.88. The summed E-state index contributed by atoms with van der Waals surface area (Å²) in [5, 5.41) is 9.85. The third kappa shape index (κ3) is 2.95. The summed E-state index contributed by atoms with van der Waals surface area (Å²) in [5.74, 6) is -1.46. The Balaban J connectivity index is 2.17. The molecule has 4 aromatic carbocycles. The molecule has 0 saturated carbocycles. The molecule has 1 nitrogen and oxygen atoms in total. The fourth-order valence-corrected chi connectivity index (χ4v) is 3.41. The van der Waals surface area contributed by atoms with E-state index in [2.05, 4.69) is 0 Å². The van der Waals surface area contributed by atoms with Gasteiger partial charge in [0.2, 0.25) is 0 Å². The summed E-state index contributed by atoms with van der Waals surface area (Å²) in [6.45, 7) is 0. The van der Waals surface area contributed by atoms with E-state index in [9.17, 15) is 5.26 Å². The highest BCUT2D eigenvalue weighted by atomic mass is 19.1. The maximum atomic E-state index is 15.7. The molecule has 0 atom stereocenters. The van der Waals surface area contributed by atoms with E-state index in [1.807, 2.05) is 18.2 Å². The van der Waals surface area contributed by atoms with Gasteiger partial charge in [-0.1, -0.05) is 91.0 Å². The summed E-state index contributed by atoms with van der Waals surface area (Å²) in [7, 11) is 0. The minimum atomic E-state index is -0.730. The second-order valence-electron chi connectivity index (χ2n) is 6.34. The highest BCUT2D eigenvalue weighted by Gasteiger charge is 2.27. The first-order valence-electron chi connectivity index (χ1n) is 8.83.